The maximum atomic E-state index is 12.7. The molecule has 0 spiro atoms. The molecule has 0 unspecified atom stereocenters. The van der Waals surface area contributed by atoms with Gasteiger partial charge < -0.3 is 9.80 Å². The van der Waals surface area contributed by atoms with Crippen molar-refractivity contribution < 1.29 is 4.79 Å². The molecule has 1 aromatic heterocycles. The molecular formula is C26H26N4O. The number of allylic oxidation sites excluding steroid dienone is 1. The molecule has 2 heterocycles. The van der Waals surface area contributed by atoms with E-state index in [2.05, 4.69) is 63.3 Å². The van der Waals surface area contributed by atoms with E-state index in [0.29, 0.717) is 12.0 Å². The third-order valence-electron chi connectivity index (χ3n) is 6.10. The largest absolute Gasteiger partial charge is 0.368 e. The number of carbonyl (C=O) groups excluding carboxylic acids is 1. The molecule has 1 fully saturated rings. The molecule has 31 heavy (non-hydrogen) atoms. The predicted molar refractivity (Wildman–Crippen MR) is 125 cm³/mol. The monoisotopic (exact) mass is 410 g/mol. The molecule has 2 aromatic carbocycles. The Labute approximate surface area is 183 Å². The molecule has 0 amide bonds. The first-order valence-electron chi connectivity index (χ1n) is 10.9. The van der Waals surface area contributed by atoms with Gasteiger partial charge in [0.05, 0.1) is 11.3 Å². The summed E-state index contributed by atoms with van der Waals surface area (Å²) in [5, 5.41) is 0. The van der Waals surface area contributed by atoms with E-state index >= 15 is 0 Å². The minimum Gasteiger partial charge on any atom is -0.368 e. The molecule has 5 rings (SSSR count). The van der Waals surface area contributed by atoms with Crippen LogP contribution in [0.2, 0.25) is 0 Å². The van der Waals surface area contributed by atoms with Gasteiger partial charge in [-0.05, 0) is 30.0 Å². The van der Waals surface area contributed by atoms with E-state index in [0.717, 1.165) is 49.8 Å². The van der Waals surface area contributed by atoms with Gasteiger partial charge >= 0.3 is 0 Å². The van der Waals surface area contributed by atoms with Gasteiger partial charge in [-0.3, -0.25) is 4.79 Å². The Morgan fingerprint density at radius 2 is 1.52 bits per heavy atom. The number of fused-ring (bicyclic) bond motifs is 1. The van der Waals surface area contributed by atoms with Crippen molar-refractivity contribution in [3.63, 3.8) is 0 Å². The molecule has 1 aliphatic carbocycles. The number of nitrogens with zero attached hydrogens (tertiary/aromatic N) is 4. The summed E-state index contributed by atoms with van der Waals surface area (Å²) < 4.78 is 0. The number of para-hydroxylation sites is 1. The first kappa shape index (κ1) is 19.5. The van der Waals surface area contributed by atoms with E-state index in [1.54, 1.807) is 6.20 Å². The van der Waals surface area contributed by atoms with Crippen LogP contribution >= 0.6 is 0 Å². The summed E-state index contributed by atoms with van der Waals surface area (Å²) in [6.07, 6.45) is 7.30. The van der Waals surface area contributed by atoms with Crippen LogP contribution in [-0.2, 0) is 6.42 Å². The Kier molecular flexibility index (Phi) is 5.48. The number of hydrogen-bond acceptors (Lipinski definition) is 5. The molecule has 0 bridgehead atoms. The lowest BCUT2D eigenvalue weighted by Gasteiger charge is -2.36. The minimum absolute atomic E-state index is 0.143. The smallest absolute Gasteiger partial charge is 0.225 e. The van der Waals surface area contributed by atoms with Crippen molar-refractivity contribution in [1.29, 1.82) is 0 Å². The Bertz CT molecular complexity index is 1070. The zero-order chi connectivity index (χ0) is 21.0. The molecule has 0 saturated carbocycles. The lowest BCUT2D eigenvalue weighted by atomic mass is 9.86. The number of anilines is 2. The van der Waals surface area contributed by atoms with Gasteiger partial charge in [-0.1, -0.05) is 60.7 Å². The van der Waals surface area contributed by atoms with Crippen LogP contribution in [0, 0.1) is 5.92 Å². The van der Waals surface area contributed by atoms with E-state index in [9.17, 15) is 4.79 Å². The Hall–Kier alpha value is -3.47. The van der Waals surface area contributed by atoms with Gasteiger partial charge in [0.15, 0.2) is 5.78 Å². The molecule has 156 valence electrons. The van der Waals surface area contributed by atoms with Crippen molar-refractivity contribution in [1.82, 2.24) is 9.97 Å². The van der Waals surface area contributed by atoms with Crippen molar-refractivity contribution in [2.75, 3.05) is 36.0 Å². The van der Waals surface area contributed by atoms with Gasteiger partial charge in [-0.2, -0.15) is 0 Å². The first-order valence-corrected chi connectivity index (χ1v) is 10.9. The lowest BCUT2D eigenvalue weighted by Crippen LogP contribution is -2.47. The zero-order valence-corrected chi connectivity index (χ0v) is 17.5. The summed E-state index contributed by atoms with van der Waals surface area (Å²) in [5.41, 5.74) is 3.98. The molecule has 3 aromatic rings. The highest BCUT2D eigenvalue weighted by molar-refractivity contribution is 5.98. The SMILES string of the molecule is O=C1C[C@@H](/C=C/c2ccccc2)Cc2nc(N3CCN(c4ccccc4)CC3)ncc21. The van der Waals surface area contributed by atoms with Crippen LogP contribution in [0.5, 0.6) is 0 Å². The van der Waals surface area contributed by atoms with Gasteiger partial charge in [0.1, 0.15) is 0 Å². The summed E-state index contributed by atoms with van der Waals surface area (Å²) in [6.45, 7) is 3.62. The second kappa shape index (κ2) is 8.72. The summed E-state index contributed by atoms with van der Waals surface area (Å²) in [7, 11) is 0. The minimum atomic E-state index is 0.143. The van der Waals surface area contributed by atoms with E-state index in [4.69, 9.17) is 4.98 Å². The highest BCUT2D eigenvalue weighted by atomic mass is 16.1. The highest BCUT2D eigenvalue weighted by Gasteiger charge is 2.27. The van der Waals surface area contributed by atoms with Crippen LogP contribution in [0.1, 0.15) is 28.0 Å². The molecule has 2 aliphatic rings. The fourth-order valence-corrected chi connectivity index (χ4v) is 4.37. The summed E-state index contributed by atoms with van der Waals surface area (Å²) in [5.74, 6) is 1.06. The highest BCUT2D eigenvalue weighted by Crippen LogP contribution is 2.27. The number of benzene rings is 2. The Balaban J connectivity index is 1.28. The maximum absolute atomic E-state index is 12.7. The fraction of sp³-hybridized carbons (Fsp3) is 0.269. The van der Waals surface area contributed by atoms with Crippen molar-refractivity contribution in [3.05, 3.63) is 89.8 Å². The van der Waals surface area contributed by atoms with Crippen molar-refractivity contribution in [2.45, 2.75) is 12.8 Å². The van der Waals surface area contributed by atoms with E-state index in [-0.39, 0.29) is 11.7 Å². The normalized spacial score (nSPS) is 19.0. The standard InChI is InChI=1S/C26H26N4O/c31-25-18-21(12-11-20-7-3-1-4-8-20)17-24-23(25)19-27-26(28-24)30-15-13-29(14-16-30)22-9-5-2-6-10-22/h1-12,19,21H,13-18H2/b12-11+/t21-/m0/s1. The predicted octanol–water partition coefficient (Wildman–Crippen LogP) is 4.26. The van der Waals surface area contributed by atoms with Crippen LogP contribution in [-0.4, -0.2) is 41.9 Å². The van der Waals surface area contributed by atoms with Crippen LogP contribution in [0.3, 0.4) is 0 Å². The maximum Gasteiger partial charge on any atom is 0.225 e. The average molecular weight is 411 g/mol. The summed E-state index contributed by atoms with van der Waals surface area (Å²) in [6, 6.07) is 20.7. The third kappa shape index (κ3) is 4.36. The summed E-state index contributed by atoms with van der Waals surface area (Å²) in [4.78, 5) is 26.7. The van der Waals surface area contributed by atoms with Crippen LogP contribution in [0.4, 0.5) is 11.6 Å². The molecule has 5 nitrogen and oxygen atoms in total. The first-order chi connectivity index (χ1) is 15.3. The number of aromatic nitrogens is 2. The Morgan fingerprint density at radius 1 is 0.839 bits per heavy atom. The number of piperazine rings is 1. The van der Waals surface area contributed by atoms with Crippen LogP contribution < -0.4 is 9.80 Å². The number of Topliss-reactive ketones (excluding diaryl/α,β-unsaturated/α-hetero) is 1. The van der Waals surface area contributed by atoms with E-state index in [1.165, 1.54) is 5.69 Å². The van der Waals surface area contributed by atoms with Crippen LogP contribution in [0.15, 0.2) is 72.9 Å². The van der Waals surface area contributed by atoms with Crippen molar-refractivity contribution in [3.8, 4) is 0 Å². The lowest BCUT2D eigenvalue weighted by molar-refractivity contribution is 0.0957. The van der Waals surface area contributed by atoms with Gasteiger partial charge in [-0.15, -0.1) is 0 Å². The number of ketones is 1. The third-order valence-corrected chi connectivity index (χ3v) is 6.10. The average Bonchev–Trinajstić information content (AvgIpc) is 2.84. The zero-order valence-electron chi connectivity index (χ0n) is 17.5. The number of rotatable bonds is 4. The summed E-state index contributed by atoms with van der Waals surface area (Å²) >= 11 is 0. The number of hydrogen-bond donors (Lipinski definition) is 0. The molecule has 0 N–H and O–H groups in total. The number of carbonyl (C=O) groups is 1. The molecule has 0 radical (unpaired) electrons. The quantitative estimate of drug-likeness (QED) is 0.643. The fourth-order valence-electron chi connectivity index (χ4n) is 4.37. The van der Waals surface area contributed by atoms with Crippen LogP contribution in [0.25, 0.3) is 6.08 Å². The van der Waals surface area contributed by atoms with E-state index in [1.807, 2.05) is 24.3 Å². The molecule has 1 aliphatic heterocycles. The van der Waals surface area contributed by atoms with E-state index < -0.39 is 0 Å². The van der Waals surface area contributed by atoms with Gasteiger partial charge in [0.25, 0.3) is 0 Å². The van der Waals surface area contributed by atoms with Crippen molar-refractivity contribution in [2.24, 2.45) is 5.92 Å². The van der Waals surface area contributed by atoms with Gasteiger partial charge in [0.2, 0.25) is 5.95 Å². The van der Waals surface area contributed by atoms with Gasteiger partial charge in [-0.25, -0.2) is 9.97 Å². The topological polar surface area (TPSA) is 49.3 Å². The molecule has 1 saturated heterocycles. The van der Waals surface area contributed by atoms with Gasteiger partial charge in [0, 0.05) is 44.5 Å². The molecular weight excluding hydrogens is 384 g/mol. The molecule has 5 heteroatoms. The second-order valence-electron chi connectivity index (χ2n) is 8.20. The second-order valence-corrected chi connectivity index (χ2v) is 8.20. The van der Waals surface area contributed by atoms with Crippen molar-refractivity contribution >= 4 is 23.5 Å². The Morgan fingerprint density at radius 3 is 2.26 bits per heavy atom. The molecule has 1 atom stereocenters.